The van der Waals surface area contributed by atoms with Crippen LogP contribution in [0.5, 0.6) is 5.75 Å². The van der Waals surface area contributed by atoms with Crippen LogP contribution in [0.4, 0.5) is 5.69 Å². The van der Waals surface area contributed by atoms with Gasteiger partial charge in [-0.25, -0.2) is 0 Å². The summed E-state index contributed by atoms with van der Waals surface area (Å²) in [5.74, 6) is 0.847. The van der Waals surface area contributed by atoms with Gasteiger partial charge in [0.25, 0.3) is 5.89 Å². The highest BCUT2D eigenvalue weighted by Gasteiger charge is 2.11. The van der Waals surface area contributed by atoms with Gasteiger partial charge < -0.3 is 15.4 Å². The molecule has 2 aromatic heterocycles. The Morgan fingerprint density at radius 1 is 1.05 bits per heavy atom. The molecule has 0 aliphatic heterocycles. The van der Waals surface area contributed by atoms with Crippen molar-refractivity contribution in [2.45, 2.75) is 0 Å². The van der Waals surface area contributed by atoms with E-state index in [1.54, 1.807) is 36.7 Å². The lowest BCUT2D eigenvalue weighted by Crippen LogP contribution is -1.87. The summed E-state index contributed by atoms with van der Waals surface area (Å²) in [4.78, 5) is 8.21. The van der Waals surface area contributed by atoms with Crippen LogP contribution in [0.3, 0.4) is 0 Å². The Labute approximate surface area is 108 Å². The summed E-state index contributed by atoms with van der Waals surface area (Å²) < 4.78 is 5.18. The molecule has 0 saturated heterocycles. The number of anilines is 1. The van der Waals surface area contributed by atoms with Crippen LogP contribution in [0.15, 0.2) is 47.2 Å². The van der Waals surface area contributed by atoms with Gasteiger partial charge in [0.2, 0.25) is 5.82 Å². The maximum Gasteiger partial charge on any atom is 0.258 e. The molecule has 0 saturated carbocycles. The summed E-state index contributed by atoms with van der Waals surface area (Å²) >= 11 is 0. The van der Waals surface area contributed by atoms with Gasteiger partial charge in [-0.05, 0) is 30.3 Å². The zero-order chi connectivity index (χ0) is 13.2. The molecule has 0 aliphatic rings. The van der Waals surface area contributed by atoms with Crippen molar-refractivity contribution in [2.75, 3.05) is 5.73 Å². The Hall–Kier alpha value is -2.89. The Morgan fingerprint density at radius 2 is 1.84 bits per heavy atom. The van der Waals surface area contributed by atoms with Crippen molar-refractivity contribution in [2.24, 2.45) is 0 Å². The first kappa shape index (κ1) is 11.2. The molecule has 3 N–H and O–H groups in total. The van der Waals surface area contributed by atoms with Crippen LogP contribution in [-0.2, 0) is 0 Å². The molecule has 0 aliphatic carbocycles. The first-order chi connectivity index (χ1) is 9.24. The fourth-order valence-electron chi connectivity index (χ4n) is 1.65. The third kappa shape index (κ3) is 2.11. The van der Waals surface area contributed by atoms with Crippen molar-refractivity contribution >= 4 is 5.69 Å². The van der Waals surface area contributed by atoms with Gasteiger partial charge in [-0.3, -0.25) is 4.98 Å². The second-order valence-electron chi connectivity index (χ2n) is 3.93. The number of phenols is 1. The number of nitrogens with zero attached hydrogens (tertiary/aromatic N) is 3. The van der Waals surface area contributed by atoms with Crippen LogP contribution in [0.2, 0.25) is 0 Å². The molecule has 0 fully saturated rings. The van der Waals surface area contributed by atoms with Crippen molar-refractivity contribution in [3.05, 3.63) is 42.7 Å². The van der Waals surface area contributed by atoms with E-state index in [1.807, 2.05) is 0 Å². The normalized spacial score (nSPS) is 10.5. The van der Waals surface area contributed by atoms with Gasteiger partial charge in [0.1, 0.15) is 5.75 Å². The Balaban J connectivity index is 1.99. The quantitative estimate of drug-likeness (QED) is 0.536. The molecule has 0 bridgehead atoms. The van der Waals surface area contributed by atoms with E-state index >= 15 is 0 Å². The number of rotatable bonds is 2. The molecule has 0 atom stereocenters. The molecule has 0 unspecified atom stereocenters. The highest BCUT2D eigenvalue weighted by molar-refractivity contribution is 5.66. The van der Waals surface area contributed by atoms with Gasteiger partial charge in [-0.15, -0.1) is 0 Å². The minimum atomic E-state index is 0.0256. The molecular formula is C13H10N4O2. The predicted molar refractivity (Wildman–Crippen MR) is 69.0 cm³/mol. The third-order valence-electron chi connectivity index (χ3n) is 2.64. The van der Waals surface area contributed by atoms with Crippen molar-refractivity contribution in [1.82, 2.24) is 15.1 Å². The fraction of sp³-hybridized carbons (Fsp3) is 0. The summed E-state index contributed by atoms with van der Waals surface area (Å²) in [5.41, 5.74) is 7.36. The van der Waals surface area contributed by atoms with E-state index in [1.165, 1.54) is 6.07 Å². The largest absolute Gasteiger partial charge is 0.506 e. The summed E-state index contributed by atoms with van der Waals surface area (Å²) in [5, 5.41) is 13.3. The van der Waals surface area contributed by atoms with Gasteiger partial charge in [-0.1, -0.05) is 5.16 Å². The fourth-order valence-corrected chi connectivity index (χ4v) is 1.65. The molecule has 19 heavy (non-hydrogen) atoms. The Kier molecular flexibility index (Phi) is 2.60. The molecule has 3 aromatic rings. The zero-order valence-corrected chi connectivity index (χ0v) is 9.82. The van der Waals surface area contributed by atoms with Gasteiger partial charge >= 0.3 is 0 Å². The number of aromatic hydroxyl groups is 1. The van der Waals surface area contributed by atoms with Crippen molar-refractivity contribution in [1.29, 1.82) is 0 Å². The van der Waals surface area contributed by atoms with Crippen LogP contribution in [0, 0.1) is 0 Å². The zero-order valence-electron chi connectivity index (χ0n) is 9.82. The Morgan fingerprint density at radius 3 is 2.58 bits per heavy atom. The topological polar surface area (TPSA) is 98.1 Å². The summed E-state index contributed by atoms with van der Waals surface area (Å²) in [6.45, 7) is 0. The van der Waals surface area contributed by atoms with E-state index in [0.717, 1.165) is 5.56 Å². The highest BCUT2D eigenvalue weighted by Crippen LogP contribution is 2.27. The monoisotopic (exact) mass is 254 g/mol. The van der Waals surface area contributed by atoms with Crippen LogP contribution in [0.1, 0.15) is 0 Å². The SMILES string of the molecule is Nc1cc(-c2nc(-c3ccncc3)no2)ccc1O. The number of hydrogen-bond donors (Lipinski definition) is 2. The van der Waals surface area contributed by atoms with Crippen LogP contribution >= 0.6 is 0 Å². The lowest BCUT2D eigenvalue weighted by Gasteiger charge is -1.99. The molecule has 2 heterocycles. The number of benzene rings is 1. The molecule has 94 valence electrons. The number of nitrogen functional groups attached to an aromatic ring is 1. The molecule has 3 rings (SSSR count). The number of pyridine rings is 1. The number of nitrogens with two attached hydrogens (primary N) is 1. The average molecular weight is 254 g/mol. The van der Waals surface area contributed by atoms with E-state index in [2.05, 4.69) is 15.1 Å². The summed E-state index contributed by atoms with van der Waals surface area (Å²) in [6.07, 6.45) is 3.31. The predicted octanol–water partition coefficient (Wildman–Crippen LogP) is 2.09. The molecular weight excluding hydrogens is 244 g/mol. The van der Waals surface area contributed by atoms with Crippen LogP contribution in [0.25, 0.3) is 22.8 Å². The summed E-state index contributed by atoms with van der Waals surface area (Å²) in [7, 11) is 0. The van der Waals surface area contributed by atoms with E-state index in [-0.39, 0.29) is 11.4 Å². The molecule has 0 amide bonds. The van der Waals surface area contributed by atoms with Gasteiger partial charge in [0.05, 0.1) is 5.69 Å². The number of phenolic OH excluding ortho intramolecular Hbond substituents is 1. The minimum absolute atomic E-state index is 0.0256. The summed E-state index contributed by atoms with van der Waals surface area (Å²) in [6, 6.07) is 8.31. The second-order valence-corrected chi connectivity index (χ2v) is 3.93. The molecule has 0 spiro atoms. The minimum Gasteiger partial charge on any atom is -0.506 e. The molecule has 6 nitrogen and oxygen atoms in total. The smallest absolute Gasteiger partial charge is 0.258 e. The molecule has 1 aromatic carbocycles. The molecule has 6 heteroatoms. The molecule has 0 radical (unpaired) electrons. The van der Waals surface area contributed by atoms with Crippen molar-refractivity contribution in [3.8, 4) is 28.6 Å². The van der Waals surface area contributed by atoms with Crippen molar-refractivity contribution < 1.29 is 9.63 Å². The first-order valence-electron chi connectivity index (χ1n) is 5.57. The number of aromatic nitrogens is 3. The van der Waals surface area contributed by atoms with E-state index in [0.29, 0.717) is 17.3 Å². The second kappa shape index (κ2) is 4.41. The van der Waals surface area contributed by atoms with E-state index in [4.69, 9.17) is 10.3 Å². The highest BCUT2D eigenvalue weighted by atomic mass is 16.5. The van der Waals surface area contributed by atoms with Crippen LogP contribution in [-0.4, -0.2) is 20.2 Å². The van der Waals surface area contributed by atoms with E-state index < -0.39 is 0 Å². The lowest BCUT2D eigenvalue weighted by molar-refractivity contribution is 0.432. The lowest BCUT2D eigenvalue weighted by atomic mass is 10.2. The van der Waals surface area contributed by atoms with Gasteiger partial charge in [0.15, 0.2) is 0 Å². The first-order valence-corrected chi connectivity index (χ1v) is 5.57. The van der Waals surface area contributed by atoms with Crippen LogP contribution < -0.4 is 5.73 Å². The van der Waals surface area contributed by atoms with Gasteiger partial charge in [-0.2, -0.15) is 4.98 Å². The maximum absolute atomic E-state index is 9.38. The van der Waals surface area contributed by atoms with Gasteiger partial charge in [0, 0.05) is 23.5 Å². The third-order valence-corrected chi connectivity index (χ3v) is 2.64. The van der Waals surface area contributed by atoms with Crippen molar-refractivity contribution in [3.63, 3.8) is 0 Å². The maximum atomic E-state index is 9.38. The number of hydrogen-bond acceptors (Lipinski definition) is 6. The average Bonchev–Trinajstić information content (AvgIpc) is 2.93. The Bertz CT molecular complexity index is 710. The van der Waals surface area contributed by atoms with E-state index in [9.17, 15) is 5.11 Å². The standard InChI is InChI=1S/C13H10N4O2/c14-10-7-9(1-2-11(10)18)13-16-12(17-19-13)8-3-5-15-6-4-8/h1-7,18H,14H2.